The molecule has 162 valence electrons. The van der Waals surface area contributed by atoms with Crippen LogP contribution in [0.25, 0.3) is 10.2 Å². The molecule has 1 heterocycles. The second-order valence-corrected chi connectivity index (χ2v) is 7.87. The number of thiazole rings is 1. The van der Waals surface area contributed by atoms with E-state index in [1.54, 1.807) is 18.4 Å². The average Bonchev–Trinajstić information content (AvgIpc) is 3.20. The number of carbonyl (C=O) groups is 1. The molecule has 0 fully saturated rings. The summed E-state index contributed by atoms with van der Waals surface area (Å²) >= 11 is 1.55. The highest BCUT2D eigenvalue weighted by Crippen LogP contribution is 2.34. The molecule has 0 radical (unpaired) electrons. The summed E-state index contributed by atoms with van der Waals surface area (Å²) in [5.41, 5.74) is 1.99. The van der Waals surface area contributed by atoms with Gasteiger partial charge in [0.25, 0.3) is 0 Å². The van der Waals surface area contributed by atoms with Gasteiger partial charge in [0, 0.05) is 19.5 Å². The number of para-hydroxylation sites is 1. The predicted molar refractivity (Wildman–Crippen MR) is 128 cm³/mol. The number of amides is 1. The zero-order valence-corrected chi connectivity index (χ0v) is 19.5. The maximum absolute atomic E-state index is 13.2. The minimum Gasteiger partial charge on any atom is -0.494 e. The summed E-state index contributed by atoms with van der Waals surface area (Å²) in [6, 6.07) is 16.0. The van der Waals surface area contributed by atoms with E-state index in [-0.39, 0.29) is 18.3 Å². The van der Waals surface area contributed by atoms with Crippen molar-refractivity contribution in [1.29, 1.82) is 0 Å². The number of methoxy groups -OCH3 is 1. The first-order valence-electron chi connectivity index (χ1n) is 10.2. The number of halogens is 1. The van der Waals surface area contributed by atoms with Gasteiger partial charge in [-0.25, -0.2) is 4.98 Å². The summed E-state index contributed by atoms with van der Waals surface area (Å²) in [6.45, 7) is 7.70. The van der Waals surface area contributed by atoms with Crippen LogP contribution in [0.1, 0.15) is 25.8 Å². The summed E-state index contributed by atoms with van der Waals surface area (Å²) in [6.07, 6.45) is 1.20. The van der Waals surface area contributed by atoms with Crippen molar-refractivity contribution in [3.63, 3.8) is 0 Å². The Morgan fingerprint density at radius 1 is 1.03 bits per heavy atom. The molecular formula is C23H30ClN3O2S. The summed E-state index contributed by atoms with van der Waals surface area (Å²) in [5.74, 6) is 0.851. The Kier molecular flexibility index (Phi) is 9.56. The number of nitrogens with zero attached hydrogens (tertiary/aromatic N) is 3. The first kappa shape index (κ1) is 24.1. The summed E-state index contributed by atoms with van der Waals surface area (Å²) < 4.78 is 6.48. The van der Waals surface area contributed by atoms with Gasteiger partial charge in [0.15, 0.2) is 5.13 Å². The molecule has 0 aliphatic heterocycles. The molecule has 0 bridgehead atoms. The largest absolute Gasteiger partial charge is 0.494 e. The molecule has 7 heteroatoms. The number of ether oxygens (including phenoxy) is 1. The number of aryl methyl sites for hydroxylation is 1. The molecule has 0 N–H and O–H groups in total. The number of hydrogen-bond donors (Lipinski definition) is 0. The van der Waals surface area contributed by atoms with Gasteiger partial charge in [-0.2, -0.15) is 0 Å². The van der Waals surface area contributed by atoms with E-state index >= 15 is 0 Å². The second kappa shape index (κ2) is 11.9. The minimum absolute atomic E-state index is 0. The highest BCUT2D eigenvalue weighted by molar-refractivity contribution is 7.22. The fourth-order valence-electron chi connectivity index (χ4n) is 3.33. The predicted octanol–water partition coefficient (Wildman–Crippen LogP) is 5.03. The fourth-order valence-corrected chi connectivity index (χ4v) is 4.36. The lowest BCUT2D eigenvalue weighted by molar-refractivity contribution is -0.118. The van der Waals surface area contributed by atoms with E-state index in [1.165, 1.54) is 5.56 Å². The van der Waals surface area contributed by atoms with Crippen LogP contribution in [0.15, 0.2) is 48.5 Å². The van der Waals surface area contributed by atoms with Gasteiger partial charge < -0.3 is 9.64 Å². The van der Waals surface area contributed by atoms with Gasteiger partial charge in [-0.05, 0) is 37.2 Å². The molecule has 0 atom stereocenters. The van der Waals surface area contributed by atoms with Crippen molar-refractivity contribution < 1.29 is 9.53 Å². The van der Waals surface area contributed by atoms with E-state index in [2.05, 4.69) is 30.9 Å². The van der Waals surface area contributed by atoms with Crippen LogP contribution in [0.5, 0.6) is 5.75 Å². The smallest absolute Gasteiger partial charge is 0.229 e. The number of fused-ring (bicyclic) bond motifs is 1. The van der Waals surface area contributed by atoms with Crippen LogP contribution in [0.4, 0.5) is 5.13 Å². The molecule has 1 amide bonds. The van der Waals surface area contributed by atoms with E-state index in [9.17, 15) is 4.79 Å². The van der Waals surface area contributed by atoms with Crippen molar-refractivity contribution in [3.8, 4) is 5.75 Å². The van der Waals surface area contributed by atoms with Gasteiger partial charge in [0.1, 0.15) is 11.3 Å². The zero-order valence-electron chi connectivity index (χ0n) is 17.8. The lowest BCUT2D eigenvalue weighted by atomic mass is 10.1. The van der Waals surface area contributed by atoms with E-state index in [0.717, 1.165) is 47.2 Å². The molecule has 0 saturated carbocycles. The van der Waals surface area contributed by atoms with E-state index in [4.69, 9.17) is 9.72 Å². The van der Waals surface area contributed by atoms with Crippen molar-refractivity contribution in [2.24, 2.45) is 0 Å². The van der Waals surface area contributed by atoms with Gasteiger partial charge in [-0.15, -0.1) is 12.4 Å². The number of hydrogen-bond acceptors (Lipinski definition) is 5. The molecule has 0 aliphatic carbocycles. The first-order valence-corrected chi connectivity index (χ1v) is 11.0. The van der Waals surface area contributed by atoms with Gasteiger partial charge >= 0.3 is 0 Å². The van der Waals surface area contributed by atoms with Crippen molar-refractivity contribution in [3.05, 3.63) is 54.1 Å². The third-order valence-electron chi connectivity index (χ3n) is 5.13. The number of anilines is 1. The molecule has 0 unspecified atom stereocenters. The topological polar surface area (TPSA) is 45.7 Å². The standard InChI is InChI=1S/C23H29N3O2S.ClH/c1-4-25(5-2)16-17-26(21(27)15-14-18-10-7-6-8-11-18)23-24-22-19(28-3)12-9-13-20(22)29-23;/h6-13H,4-5,14-17H2,1-3H3;1H. The molecule has 3 aromatic rings. The number of likely N-dealkylation sites (N-methyl/N-ethyl adjacent to an activating group) is 1. The Labute approximate surface area is 189 Å². The lowest BCUT2D eigenvalue weighted by Gasteiger charge is -2.24. The maximum Gasteiger partial charge on any atom is 0.229 e. The quantitative estimate of drug-likeness (QED) is 0.437. The number of carbonyl (C=O) groups excluding carboxylic acids is 1. The summed E-state index contributed by atoms with van der Waals surface area (Å²) in [5, 5.41) is 0.745. The van der Waals surface area contributed by atoms with Crippen LogP contribution >= 0.6 is 23.7 Å². The van der Waals surface area contributed by atoms with Gasteiger partial charge in [0.2, 0.25) is 5.91 Å². The van der Waals surface area contributed by atoms with Crippen LogP contribution in [-0.4, -0.2) is 49.1 Å². The van der Waals surface area contributed by atoms with Gasteiger partial charge in [-0.3, -0.25) is 9.69 Å². The van der Waals surface area contributed by atoms with Crippen molar-refractivity contribution in [2.75, 3.05) is 38.2 Å². The highest BCUT2D eigenvalue weighted by Gasteiger charge is 2.21. The van der Waals surface area contributed by atoms with Crippen LogP contribution in [-0.2, 0) is 11.2 Å². The first-order chi connectivity index (χ1) is 14.2. The fraction of sp³-hybridized carbons (Fsp3) is 0.391. The van der Waals surface area contributed by atoms with E-state index in [0.29, 0.717) is 13.0 Å². The minimum atomic E-state index is 0. The molecule has 0 spiro atoms. The van der Waals surface area contributed by atoms with E-state index < -0.39 is 0 Å². The zero-order chi connectivity index (χ0) is 20.6. The van der Waals surface area contributed by atoms with Crippen LogP contribution in [0.2, 0.25) is 0 Å². The average molecular weight is 448 g/mol. The number of aromatic nitrogens is 1. The highest BCUT2D eigenvalue weighted by atomic mass is 35.5. The van der Waals surface area contributed by atoms with Gasteiger partial charge in [0.05, 0.1) is 11.8 Å². The molecular weight excluding hydrogens is 418 g/mol. The molecule has 5 nitrogen and oxygen atoms in total. The maximum atomic E-state index is 13.2. The Balaban J connectivity index is 0.00000320. The van der Waals surface area contributed by atoms with Crippen LogP contribution < -0.4 is 9.64 Å². The van der Waals surface area contributed by atoms with Crippen molar-refractivity contribution >= 4 is 45.0 Å². The van der Waals surface area contributed by atoms with Crippen LogP contribution in [0, 0.1) is 0 Å². The molecule has 0 aliphatic rings. The third kappa shape index (κ3) is 5.94. The number of rotatable bonds is 10. The Hall–Kier alpha value is -2.15. The van der Waals surface area contributed by atoms with Gasteiger partial charge in [-0.1, -0.05) is 61.6 Å². The molecule has 2 aromatic carbocycles. The Morgan fingerprint density at radius 2 is 1.77 bits per heavy atom. The monoisotopic (exact) mass is 447 g/mol. The Bertz CT molecular complexity index is 929. The summed E-state index contributed by atoms with van der Waals surface area (Å²) in [7, 11) is 1.65. The van der Waals surface area contributed by atoms with Crippen LogP contribution in [0.3, 0.4) is 0 Å². The number of benzene rings is 2. The van der Waals surface area contributed by atoms with Crippen molar-refractivity contribution in [2.45, 2.75) is 26.7 Å². The third-order valence-corrected chi connectivity index (χ3v) is 6.17. The lowest BCUT2D eigenvalue weighted by Crippen LogP contribution is -2.39. The summed E-state index contributed by atoms with van der Waals surface area (Å²) in [4.78, 5) is 22.1. The SMILES string of the molecule is CCN(CC)CCN(C(=O)CCc1ccccc1)c1nc2c(OC)cccc2s1.Cl. The van der Waals surface area contributed by atoms with E-state index in [1.807, 2.05) is 41.3 Å². The molecule has 1 aromatic heterocycles. The molecule has 30 heavy (non-hydrogen) atoms. The molecule has 0 saturated heterocycles. The normalized spacial score (nSPS) is 10.8. The Morgan fingerprint density at radius 3 is 2.43 bits per heavy atom. The second-order valence-electron chi connectivity index (χ2n) is 6.86. The molecule has 3 rings (SSSR count). The van der Waals surface area contributed by atoms with Crippen molar-refractivity contribution in [1.82, 2.24) is 9.88 Å².